The number of aromatic amines is 1. The summed E-state index contributed by atoms with van der Waals surface area (Å²) < 4.78 is 11.8. The van der Waals surface area contributed by atoms with Gasteiger partial charge in [0, 0.05) is 43.3 Å². The van der Waals surface area contributed by atoms with Crippen LogP contribution in [0.4, 0.5) is 0 Å². The van der Waals surface area contributed by atoms with Crippen molar-refractivity contribution in [2.24, 2.45) is 0 Å². The molecular weight excluding hydrogens is 374 g/mol. The lowest BCUT2D eigenvalue weighted by atomic mass is 10.0. The number of aryl methyl sites for hydroxylation is 1. The lowest BCUT2D eigenvalue weighted by Gasteiger charge is -2.36. The van der Waals surface area contributed by atoms with E-state index in [-0.39, 0.29) is 0 Å². The van der Waals surface area contributed by atoms with E-state index in [1.54, 1.807) is 12.5 Å². The van der Waals surface area contributed by atoms with Crippen molar-refractivity contribution in [1.82, 2.24) is 14.8 Å². The number of H-pyrrole nitrogens is 1. The van der Waals surface area contributed by atoms with Gasteiger partial charge in [0.15, 0.2) is 12.0 Å². The Labute approximate surface area is 177 Å². The molecule has 0 unspecified atom stereocenters. The summed E-state index contributed by atoms with van der Waals surface area (Å²) in [6.45, 7) is 5.19. The van der Waals surface area contributed by atoms with Gasteiger partial charge < -0.3 is 19.4 Å². The number of hydrogen-bond donors (Lipinski definition) is 1. The molecule has 3 heterocycles. The largest absolute Gasteiger partial charge is 0.456 e. The van der Waals surface area contributed by atoms with Crippen LogP contribution in [-0.4, -0.2) is 47.5 Å². The molecule has 1 fully saturated rings. The van der Waals surface area contributed by atoms with Gasteiger partial charge >= 0.3 is 0 Å². The van der Waals surface area contributed by atoms with E-state index < -0.39 is 0 Å². The third-order valence-corrected chi connectivity index (χ3v) is 6.18. The van der Waals surface area contributed by atoms with Crippen LogP contribution in [0.25, 0.3) is 10.9 Å². The molecule has 0 radical (unpaired) electrons. The first-order valence-corrected chi connectivity index (χ1v) is 11.0. The number of rotatable bonds is 6. The molecule has 1 saturated heterocycles. The van der Waals surface area contributed by atoms with Crippen molar-refractivity contribution < 1.29 is 9.47 Å². The molecule has 1 aliphatic carbocycles. The highest BCUT2D eigenvalue weighted by atomic mass is 16.6. The van der Waals surface area contributed by atoms with Crippen molar-refractivity contribution in [2.45, 2.75) is 25.7 Å². The molecule has 1 N–H and O–H groups in total. The third-order valence-electron chi connectivity index (χ3n) is 6.18. The number of hydrogen-bond acceptors (Lipinski definition) is 4. The Kier molecular flexibility index (Phi) is 5.62. The fraction of sp³-hybridized carbons (Fsp3) is 0.360. The van der Waals surface area contributed by atoms with Crippen LogP contribution in [0.5, 0.6) is 0 Å². The van der Waals surface area contributed by atoms with Gasteiger partial charge in [0.25, 0.3) is 0 Å². The SMILES string of the molecule is C1=CCCC(C2=COC(N3CCN(CCCc4c[nH]c5ccccc45)CC3)=CO2)=C1. The zero-order chi connectivity index (χ0) is 20.2. The van der Waals surface area contributed by atoms with Crippen molar-refractivity contribution in [3.05, 3.63) is 84.0 Å². The Morgan fingerprint density at radius 3 is 2.70 bits per heavy atom. The average molecular weight is 404 g/mol. The van der Waals surface area contributed by atoms with E-state index in [0.29, 0.717) is 0 Å². The summed E-state index contributed by atoms with van der Waals surface area (Å²) in [5, 5.41) is 1.36. The van der Waals surface area contributed by atoms with Gasteiger partial charge in [-0.3, -0.25) is 4.90 Å². The molecule has 156 valence electrons. The van der Waals surface area contributed by atoms with Crippen LogP contribution < -0.4 is 0 Å². The maximum absolute atomic E-state index is 5.90. The van der Waals surface area contributed by atoms with Gasteiger partial charge in [-0.05, 0) is 49.4 Å². The van der Waals surface area contributed by atoms with Gasteiger partial charge in [-0.2, -0.15) is 0 Å². The molecule has 30 heavy (non-hydrogen) atoms. The van der Waals surface area contributed by atoms with Crippen molar-refractivity contribution >= 4 is 10.9 Å². The summed E-state index contributed by atoms with van der Waals surface area (Å²) in [6.07, 6.45) is 16.4. The van der Waals surface area contributed by atoms with E-state index in [2.05, 4.69) is 63.5 Å². The van der Waals surface area contributed by atoms with Crippen LogP contribution in [0.15, 0.2) is 78.4 Å². The number of piperazine rings is 1. The first-order valence-electron chi connectivity index (χ1n) is 11.0. The molecule has 2 aliphatic heterocycles. The topological polar surface area (TPSA) is 40.7 Å². The third kappa shape index (κ3) is 4.17. The standard InChI is InChI=1S/C25H29N3O2/c1-2-7-20(8-3-1)24-18-30-25(19-29-24)28-15-13-27(14-16-28)12-6-9-21-17-26-23-11-5-4-10-22(21)23/h1-2,4-5,7,10-11,17-19,26H,3,6,8-9,12-16H2. The monoisotopic (exact) mass is 403 g/mol. The average Bonchev–Trinajstić information content (AvgIpc) is 3.23. The molecule has 5 nitrogen and oxygen atoms in total. The van der Waals surface area contributed by atoms with Gasteiger partial charge in [0.1, 0.15) is 6.26 Å². The Balaban J connectivity index is 1.07. The second-order valence-electron chi connectivity index (χ2n) is 8.12. The first-order chi connectivity index (χ1) is 14.9. The summed E-state index contributed by atoms with van der Waals surface area (Å²) in [5.41, 5.74) is 3.86. The number of nitrogens with one attached hydrogen (secondary N) is 1. The highest BCUT2D eigenvalue weighted by molar-refractivity contribution is 5.82. The van der Waals surface area contributed by atoms with Crippen LogP contribution in [0, 0.1) is 0 Å². The number of nitrogens with zero attached hydrogens (tertiary/aromatic N) is 2. The van der Waals surface area contributed by atoms with Crippen molar-refractivity contribution in [3.8, 4) is 0 Å². The van der Waals surface area contributed by atoms with Gasteiger partial charge in [-0.25, -0.2) is 0 Å². The fourth-order valence-corrected chi connectivity index (χ4v) is 4.42. The molecule has 0 spiro atoms. The summed E-state index contributed by atoms with van der Waals surface area (Å²) in [7, 11) is 0. The molecular formula is C25H29N3O2. The Bertz CT molecular complexity index is 1010. The van der Waals surface area contributed by atoms with E-state index >= 15 is 0 Å². The molecule has 1 aromatic heterocycles. The maximum Gasteiger partial charge on any atom is 0.231 e. The quantitative estimate of drug-likeness (QED) is 0.760. The smallest absolute Gasteiger partial charge is 0.231 e. The second kappa shape index (κ2) is 8.84. The van der Waals surface area contributed by atoms with E-state index in [9.17, 15) is 0 Å². The Hall–Kier alpha value is -2.92. The van der Waals surface area contributed by atoms with E-state index in [1.807, 2.05) is 0 Å². The highest BCUT2D eigenvalue weighted by Crippen LogP contribution is 2.26. The molecule has 2 aromatic rings. The normalized spacial score (nSPS) is 19.7. The molecule has 5 heteroatoms. The molecule has 1 aromatic carbocycles. The fourth-order valence-electron chi connectivity index (χ4n) is 4.42. The predicted molar refractivity (Wildman–Crippen MR) is 119 cm³/mol. The van der Waals surface area contributed by atoms with Gasteiger partial charge in [-0.15, -0.1) is 0 Å². The minimum Gasteiger partial charge on any atom is -0.456 e. The van der Waals surface area contributed by atoms with Crippen LogP contribution in [0.2, 0.25) is 0 Å². The molecule has 0 bridgehead atoms. The zero-order valence-corrected chi connectivity index (χ0v) is 17.3. The van der Waals surface area contributed by atoms with Crippen molar-refractivity contribution in [2.75, 3.05) is 32.7 Å². The van der Waals surface area contributed by atoms with Crippen molar-refractivity contribution in [3.63, 3.8) is 0 Å². The van der Waals surface area contributed by atoms with Gasteiger partial charge in [-0.1, -0.05) is 36.4 Å². The number of benzene rings is 1. The molecule has 0 atom stereocenters. The number of fused-ring (bicyclic) bond motifs is 1. The highest BCUT2D eigenvalue weighted by Gasteiger charge is 2.22. The van der Waals surface area contributed by atoms with Gasteiger partial charge in [0.2, 0.25) is 5.88 Å². The lowest BCUT2D eigenvalue weighted by Crippen LogP contribution is -2.46. The van der Waals surface area contributed by atoms with E-state index in [1.165, 1.54) is 28.5 Å². The molecule has 3 aliphatic rings. The number of aromatic nitrogens is 1. The Morgan fingerprint density at radius 1 is 1.00 bits per heavy atom. The number of para-hydroxylation sites is 1. The van der Waals surface area contributed by atoms with Gasteiger partial charge in [0.05, 0.1) is 0 Å². The summed E-state index contributed by atoms with van der Waals surface area (Å²) >= 11 is 0. The van der Waals surface area contributed by atoms with Crippen LogP contribution in [-0.2, 0) is 15.9 Å². The zero-order valence-electron chi connectivity index (χ0n) is 17.3. The van der Waals surface area contributed by atoms with E-state index in [0.717, 1.165) is 63.6 Å². The number of ether oxygens (including phenoxy) is 2. The number of allylic oxidation sites excluding steroid dienone is 4. The maximum atomic E-state index is 5.90. The second-order valence-corrected chi connectivity index (χ2v) is 8.12. The predicted octanol–water partition coefficient (Wildman–Crippen LogP) is 4.68. The van der Waals surface area contributed by atoms with Crippen LogP contribution >= 0.6 is 0 Å². The summed E-state index contributed by atoms with van der Waals surface area (Å²) in [6, 6.07) is 8.55. The molecule has 0 saturated carbocycles. The van der Waals surface area contributed by atoms with Crippen LogP contribution in [0.3, 0.4) is 0 Å². The van der Waals surface area contributed by atoms with Crippen molar-refractivity contribution in [1.29, 1.82) is 0 Å². The first kappa shape index (κ1) is 19.1. The molecule has 5 rings (SSSR count). The minimum atomic E-state index is 0.823. The minimum absolute atomic E-state index is 0.823. The van der Waals surface area contributed by atoms with E-state index in [4.69, 9.17) is 9.47 Å². The molecule has 0 amide bonds. The van der Waals surface area contributed by atoms with Crippen LogP contribution in [0.1, 0.15) is 24.8 Å². The Morgan fingerprint density at radius 2 is 1.90 bits per heavy atom. The summed E-state index contributed by atoms with van der Waals surface area (Å²) in [4.78, 5) is 8.21. The summed E-state index contributed by atoms with van der Waals surface area (Å²) in [5.74, 6) is 1.66. The lowest BCUT2D eigenvalue weighted by molar-refractivity contribution is 0.0842.